The van der Waals surface area contributed by atoms with E-state index in [0.717, 1.165) is 30.5 Å². The number of fused-ring (bicyclic) bond motifs is 2. The Bertz CT molecular complexity index is 535. The summed E-state index contributed by atoms with van der Waals surface area (Å²) in [6.07, 6.45) is 6.42. The number of nitrogens with zero attached hydrogens (tertiary/aromatic N) is 1. The summed E-state index contributed by atoms with van der Waals surface area (Å²) < 4.78 is 0. The summed E-state index contributed by atoms with van der Waals surface area (Å²) in [5, 5.41) is 3.03. The Labute approximate surface area is 114 Å². The zero-order valence-corrected chi connectivity index (χ0v) is 11.6. The minimum atomic E-state index is -0.350. The molecule has 2 fully saturated rings. The van der Waals surface area contributed by atoms with Crippen LogP contribution in [-0.2, 0) is 4.79 Å². The predicted molar refractivity (Wildman–Crippen MR) is 75.6 cm³/mol. The lowest BCUT2D eigenvalue weighted by atomic mass is 9.68. The van der Waals surface area contributed by atoms with Gasteiger partial charge in [-0.3, -0.25) is 9.78 Å². The molecule has 3 heteroatoms. The summed E-state index contributed by atoms with van der Waals surface area (Å²) in [7, 11) is 0. The highest BCUT2D eigenvalue weighted by atomic mass is 16.2. The fourth-order valence-corrected chi connectivity index (χ4v) is 3.83. The number of rotatable bonds is 2. The molecule has 0 saturated heterocycles. The van der Waals surface area contributed by atoms with Gasteiger partial charge in [0.25, 0.3) is 0 Å². The fraction of sp³-hybridized carbons (Fsp3) is 0.500. The normalized spacial score (nSPS) is 31.5. The van der Waals surface area contributed by atoms with Crippen LogP contribution in [0.1, 0.15) is 33.1 Å². The van der Waals surface area contributed by atoms with Crippen molar-refractivity contribution in [1.29, 1.82) is 0 Å². The third kappa shape index (κ3) is 1.64. The van der Waals surface area contributed by atoms with Gasteiger partial charge < -0.3 is 5.32 Å². The van der Waals surface area contributed by atoms with E-state index in [9.17, 15) is 4.79 Å². The molecule has 2 aliphatic carbocycles. The highest BCUT2D eigenvalue weighted by Crippen LogP contribution is 2.65. The van der Waals surface area contributed by atoms with Crippen LogP contribution in [0.15, 0.2) is 36.7 Å². The van der Waals surface area contributed by atoms with Crippen molar-refractivity contribution in [3.8, 4) is 0 Å². The molecule has 2 unspecified atom stereocenters. The lowest BCUT2D eigenvalue weighted by Crippen LogP contribution is -2.37. The predicted octanol–water partition coefficient (Wildman–Crippen LogP) is 3.40. The maximum absolute atomic E-state index is 12.7. The average Bonchev–Trinajstić information content (AvgIpc) is 2.91. The number of hydrogen-bond acceptors (Lipinski definition) is 2. The van der Waals surface area contributed by atoms with Crippen LogP contribution in [0.5, 0.6) is 0 Å². The lowest BCUT2D eigenvalue weighted by molar-refractivity contribution is -0.123. The van der Waals surface area contributed by atoms with E-state index in [-0.39, 0.29) is 16.7 Å². The summed E-state index contributed by atoms with van der Waals surface area (Å²) in [6, 6.07) is 3.65. The number of amides is 1. The van der Waals surface area contributed by atoms with Crippen molar-refractivity contribution >= 4 is 11.6 Å². The van der Waals surface area contributed by atoms with Gasteiger partial charge in [0.05, 0.1) is 5.41 Å². The average molecular weight is 256 g/mol. The van der Waals surface area contributed by atoms with E-state index >= 15 is 0 Å². The molecule has 0 aliphatic heterocycles. The topological polar surface area (TPSA) is 42.0 Å². The third-order valence-electron chi connectivity index (χ3n) is 5.26. The zero-order chi connectivity index (χ0) is 13.7. The Hall–Kier alpha value is -1.64. The van der Waals surface area contributed by atoms with E-state index in [1.165, 1.54) is 0 Å². The molecule has 1 amide bonds. The third-order valence-corrected chi connectivity index (χ3v) is 5.26. The molecule has 2 saturated carbocycles. The van der Waals surface area contributed by atoms with Crippen molar-refractivity contribution in [2.45, 2.75) is 33.1 Å². The number of hydrogen-bond donors (Lipinski definition) is 1. The van der Waals surface area contributed by atoms with Gasteiger partial charge in [-0.1, -0.05) is 26.0 Å². The number of carbonyl (C=O) groups excluding carboxylic acids is 1. The molecule has 2 atom stereocenters. The summed E-state index contributed by atoms with van der Waals surface area (Å²) in [6.45, 7) is 8.70. The number of carbonyl (C=O) groups is 1. The molecule has 2 aliphatic rings. The molecule has 1 aromatic heterocycles. The van der Waals surface area contributed by atoms with Gasteiger partial charge in [-0.2, -0.15) is 0 Å². The van der Waals surface area contributed by atoms with E-state index in [2.05, 4.69) is 30.7 Å². The van der Waals surface area contributed by atoms with Gasteiger partial charge in [-0.15, -0.1) is 0 Å². The molecule has 3 rings (SSSR count). The van der Waals surface area contributed by atoms with Crippen LogP contribution in [0, 0.1) is 16.7 Å². The monoisotopic (exact) mass is 256 g/mol. The Morgan fingerprint density at radius 2 is 2.11 bits per heavy atom. The molecule has 0 spiro atoms. The molecule has 19 heavy (non-hydrogen) atoms. The van der Waals surface area contributed by atoms with Gasteiger partial charge in [0.1, 0.15) is 0 Å². The second-order valence-corrected chi connectivity index (χ2v) is 6.41. The van der Waals surface area contributed by atoms with Gasteiger partial charge in [0, 0.05) is 18.1 Å². The Morgan fingerprint density at radius 3 is 2.68 bits per heavy atom. The summed E-state index contributed by atoms with van der Waals surface area (Å²) in [4.78, 5) is 16.7. The first-order valence-electron chi connectivity index (χ1n) is 6.88. The Kier molecular flexibility index (Phi) is 2.56. The highest BCUT2D eigenvalue weighted by molar-refractivity contribution is 5.98. The van der Waals surface area contributed by atoms with Crippen LogP contribution in [0.25, 0.3) is 0 Å². The molecular formula is C16H20N2O. The molecule has 1 heterocycles. The summed E-state index contributed by atoms with van der Waals surface area (Å²) in [5.41, 5.74) is 1.67. The zero-order valence-electron chi connectivity index (χ0n) is 11.6. The first kappa shape index (κ1) is 12.4. The summed E-state index contributed by atoms with van der Waals surface area (Å²) in [5.74, 6) is 0.708. The first-order valence-corrected chi connectivity index (χ1v) is 6.88. The molecule has 1 aromatic rings. The second kappa shape index (κ2) is 3.92. The van der Waals surface area contributed by atoms with Crippen LogP contribution in [0.3, 0.4) is 0 Å². The maximum Gasteiger partial charge on any atom is 0.234 e. The van der Waals surface area contributed by atoms with Crippen LogP contribution < -0.4 is 5.32 Å². The minimum absolute atomic E-state index is 0.0911. The van der Waals surface area contributed by atoms with Crippen LogP contribution in [0.2, 0.25) is 0 Å². The fourth-order valence-electron chi connectivity index (χ4n) is 3.83. The molecule has 100 valence electrons. The maximum atomic E-state index is 12.7. The van der Waals surface area contributed by atoms with Crippen molar-refractivity contribution in [3.05, 3.63) is 36.7 Å². The number of pyridine rings is 1. The van der Waals surface area contributed by atoms with E-state index in [0.29, 0.717) is 5.92 Å². The molecule has 2 bridgehead atoms. The van der Waals surface area contributed by atoms with Gasteiger partial charge in [-0.25, -0.2) is 0 Å². The Balaban J connectivity index is 1.86. The lowest BCUT2D eigenvalue weighted by Gasteiger charge is -2.37. The molecule has 3 nitrogen and oxygen atoms in total. The van der Waals surface area contributed by atoms with Crippen LogP contribution >= 0.6 is 0 Å². The molecule has 0 aromatic carbocycles. The molecular weight excluding hydrogens is 236 g/mol. The number of aromatic nitrogens is 1. The van der Waals surface area contributed by atoms with Gasteiger partial charge in [-0.05, 0) is 42.7 Å². The Morgan fingerprint density at radius 1 is 1.42 bits per heavy atom. The van der Waals surface area contributed by atoms with E-state index < -0.39 is 0 Å². The smallest absolute Gasteiger partial charge is 0.234 e. The van der Waals surface area contributed by atoms with Gasteiger partial charge in [0.2, 0.25) is 5.91 Å². The van der Waals surface area contributed by atoms with E-state index in [1.807, 2.05) is 12.1 Å². The number of nitrogens with one attached hydrogen (secondary N) is 1. The quantitative estimate of drug-likeness (QED) is 0.824. The SMILES string of the molecule is C=C1C2(C(=O)Nc3ccncc3)CCC(C2)C1(C)C. The molecule has 1 N–H and O–H groups in total. The van der Waals surface area contributed by atoms with Crippen molar-refractivity contribution in [1.82, 2.24) is 4.98 Å². The molecule has 0 radical (unpaired) electrons. The van der Waals surface area contributed by atoms with Crippen molar-refractivity contribution in [2.75, 3.05) is 5.32 Å². The van der Waals surface area contributed by atoms with Crippen LogP contribution in [-0.4, -0.2) is 10.9 Å². The van der Waals surface area contributed by atoms with Gasteiger partial charge in [0.15, 0.2) is 0 Å². The standard InChI is InChI=1S/C16H20N2O/c1-11-15(2,3)12-4-7-16(11,10-12)14(19)18-13-5-8-17-9-6-13/h5-6,8-9,12H,1,4,7,10H2,2-3H3,(H,17,18,19). The largest absolute Gasteiger partial charge is 0.325 e. The number of anilines is 1. The van der Waals surface area contributed by atoms with Crippen molar-refractivity contribution < 1.29 is 4.79 Å². The van der Waals surface area contributed by atoms with Crippen molar-refractivity contribution in [3.63, 3.8) is 0 Å². The van der Waals surface area contributed by atoms with Crippen molar-refractivity contribution in [2.24, 2.45) is 16.7 Å². The summed E-state index contributed by atoms with van der Waals surface area (Å²) >= 11 is 0. The second-order valence-electron chi connectivity index (χ2n) is 6.41. The highest BCUT2D eigenvalue weighted by Gasteiger charge is 2.60. The minimum Gasteiger partial charge on any atom is -0.325 e. The van der Waals surface area contributed by atoms with E-state index in [4.69, 9.17) is 0 Å². The van der Waals surface area contributed by atoms with Gasteiger partial charge >= 0.3 is 0 Å². The van der Waals surface area contributed by atoms with Crippen LogP contribution in [0.4, 0.5) is 5.69 Å². The van der Waals surface area contributed by atoms with E-state index in [1.54, 1.807) is 12.4 Å². The first-order chi connectivity index (χ1) is 8.97.